The standard InChI is InChI=1S/C13H11BrClN3S/c1-7-4-5-17-13(11(7)12(16)19)18-10-3-2-8(14)6-9(10)15/h2-6H,1H3,(H2,16,19)(H,17,18). The van der Waals surface area contributed by atoms with Gasteiger partial charge in [0, 0.05) is 10.7 Å². The van der Waals surface area contributed by atoms with E-state index in [1.54, 1.807) is 12.3 Å². The molecule has 0 aliphatic heterocycles. The molecule has 1 heterocycles. The van der Waals surface area contributed by atoms with Crippen LogP contribution in [0, 0.1) is 6.92 Å². The van der Waals surface area contributed by atoms with Crippen LogP contribution in [0.4, 0.5) is 11.5 Å². The molecule has 6 heteroatoms. The first-order valence-electron chi connectivity index (χ1n) is 5.46. The minimum atomic E-state index is 0.307. The van der Waals surface area contributed by atoms with Gasteiger partial charge in [-0.3, -0.25) is 0 Å². The van der Waals surface area contributed by atoms with Crippen molar-refractivity contribution in [1.29, 1.82) is 0 Å². The van der Waals surface area contributed by atoms with Crippen molar-refractivity contribution in [3.63, 3.8) is 0 Å². The molecule has 0 radical (unpaired) electrons. The zero-order valence-corrected chi connectivity index (χ0v) is 13.2. The smallest absolute Gasteiger partial charge is 0.140 e. The quantitative estimate of drug-likeness (QED) is 0.810. The first-order valence-corrected chi connectivity index (χ1v) is 7.04. The number of benzene rings is 1. The number of nitrogens with one attached hydrogen (secondary N) is 1. The first kappa shape index (κ1) is 14.2. The van der Waals surface area contributed by atoms with Crippen molar-refractivity contribution < 1.29 is 0 Å². The lowest BCUT2D eigenvalue weighted by molar-refractivity contribution is 1.26. The molecule has 0 aliphatic carbocycles. The van der Waals surface area contributed by atoms with Crippen LogP contribution in [0.15, 0.2) is 34.9 Å². The second-order valence-corrected chi connectivity index (χ2v) is 5.73. The van der Waals surface area contributed by atoms with Crippen molar-refractivity contribution in [3.05, 3.63) is 51.1 Å². The lowest BCUT2D eigenvalue weighted by atomic mass is 10.1. The summed E-state index contributed by atoms with van der Waals surface area (Å²) in [5.41, 5.74) is 8.20. The minimum absolute atomic E-state index is 0.307. The Morgan fingerprint density at radius 3 is 2.79 bits per heavy atom. The molecule has 0 atom stereocenters. The molecule has 0 spiro atoms. The predicted octanol–water partition coefficient (Wildman–Crippen LogP) is 4.18. The largest absolute Gasteiger partial charge is 0.389 e. The van der Waals surface area contributed by atoms with Crippen LogP contribution in [0.1, 0.15) is 11.1 Å². The highest BCUT2D eigenvalue weighted by atomic mass is 79.9. The molecule has 0 saturated carbocycles. The molecule has 19 heavy (non-hydrogen) atoms. The summed E-state index contributed by atoms with van der Waals surface area (Å²) in [5.74, 6) is 0.608. The Kier molecular flexibility index (Phi) is 4.39. The molecular weight excluding hydrogens is 346 g/mol. The lowest BCUT2D eigenvalue weighted by Crippen LogP contribution is -2.14. The van der Waals surface area contributed by atoms with Crippen LogP contribution in [-0.2, 0) is 0 Å². The summed E-state index contributed by atoms with van der Waals surface area (Å²) in [7, 11) is 0. The van der Waals surface area contributed by atoms with Crippen LogP contribution in [0.3, 0.4) is 0 Å². The van der Waals surface area contributed by atoms with Crippen molar-refractivity contribution in [3.8, 4) is 0 Å². The number of rotatable bonds is 3. The molecule has 0 fully saturated rings. The maximum absolute atomic E-state index is 6.17. The number of thiocarbonyl (C=S) groups is 1. The van der Waals surface area contributed by atoms with E-state index in [-0.39, 0.29) is 0 Å². The topological polar surface area (TPSA) is 50.9 Å². The van der Waals surface area contributed by atoms with Crippen molar-refractivity contribution in [2.24, 2.45) is 5.73 Å². The van der Waals surface area contributed by atoms with Crippen LogP contribution in [0.5, 0.6) is 0 Å². The number of hydrogen-bond acceptors (Lipinski definition) is 3. The Balaban J connectivity index is 2.44. The van der Waals surface area contributed by atoms with Crippen LogP contribution >= 0.6 is 39.7 Å². The van der Waals surface area contributed by atoms with E-state index in [1.807, 2.05) is 25.1 Å². The van der Waals surface area contributed by atoms with E-state index in [0.29, 0.717) is 15.8 Å². The Morgan fingerprint density at radius 1 is 1.42 bits per heavy atom. The molecule has 1 aromatic heterocycles. The van der Waals surface area contributed by atoms with Gasteiger partial charge in [0.2, 0.25) is 0 Å². The summed E-state index contributed by atoms with van der Waals surface area (Å²) >= 11 is 14.6. The number of anilines is 2. The van der Waals surface area contributed by atoms with Crippen LogP contribution in [-0.4, -0.2) is 9.97 Å². The highest BCUT2D eigenvalue weighted by molar-refractivity contribution is 9.10. The third kappa shape index (κ3) is 3.23. The normalized spacial score (nSPS) is 10.3. The number of nitrogens with zero attached hydrogens (tertiary/aromatic N) is 1. The average Bonchev–Trinajstić information content (AvgIpc) is 2.32. The molecular formula is C13H11BrClN3S. The first-order chi connectivity index (χ1) is 8.99. The zero-order chi connectivity index (χ0) is 14.0. The van der Waals surface area contributed by atoms with Gasteiger partial charge < -0.3 is 11.1 Å². The summed E-state index contributed by atoms with van der Waals surface area (Å²) < 4.78 is 0.912. The van der Waals surface area contributed by atoms with Gasteiger partial charge >= 0.3 is 0 Å². The molecule has 1 aromatic carbocycles. The maximum atomic E-state index is 6.17. The molecule has 0 aliphatic rings. The summed E-state index contributed by atoms with van der Waals surface area (Å²) in [6, 6.07) is 7.42. The van der Waals surface area contributed by atoms with E-state index >= 15 is 0 Å². The summed E-state index contributed by atoms with van der Waals surface area (Å²) in [4.78, 5) is 4.58. The number of aryl methyl sites for hydroxylation is 1. The number of halogens is 2. The number of aromatic nitrogens is 1. The summed E-state index contributed by atoms with van der Waals surface area (Å²) in [6.07, 6.45) is 1.70. The maximum Gasteiger partial charge on any atom is 0.140 e. The van der Waals surface area contributed by atoms with E-state index in [1.165, 1.54) is 0 Å². The number of nitrogens with two attached hydrogens (primary N) is 1. The molecule has 2 aromatic rings. The van der Waals surface area contributed by atoms with Gasteiger partial charge in [-0.2, -0.15) is 0 Å². The highest BCUT2D eigenvalue weighted by Gasteiger charge is 2.11. The van der Waals surface area contributed by atoms with Gasteiger partial charge in [0.1, 0.15) is 10.8 Å². The molecule has 3 N–H and O–H groups in total. The van der Waals surface area contributed by atoms with E-state index in [4.69, 9.17) is 29.6 Å². The molecule has 0 bridgehead atoms. The van der Waals surface area contributed by atoms with Crippen molar-refractivity contribution in [2.45, 2.75) is 6.92 Å². The summed E-state index contributed by atoms with van der Waals surface area (Å²) in [5, 5.41) is 3.75. The van der Waals surface area contributed by atoms with Gasteiger partial charge in [-0.15, -0.1) is 0 Å². The SMILES string of the molecule is Cc1ccnc(Nc2ccc(Br)cc2Cl)c1C(N)=S. The molecule has 0 amide bonds. The minimum Gasteiger partial charge on any atom is -0.389 e. The Morgan fingerprint density at radius 2 is 2.16 bits per heavy atom. The van der Waals surface area contributed by atoms with Gasteiger partial charge in [0.25, 0.3) is 0 Å². The fraction of sp³-hybridized carbons (Fsp3) is 0.0769. The van der Waals surface area contributed by atoms with E-state index in [2.05, 4.69) is 26.2 Å². The van der Waals surface area contributed by atoms with Crippen molar-refractivity contribution in [1.82, 2.24) is 4.98 Å². The zero-order valence-electron chi connectivity index (χ0n) is 10.1. The van der Waals surface area contributed by atoms with Gasteiger partial charge in [0.05, 0.1) is 16.3 Å². The third-order valence-corrected chi connectivity index (χ3v) is 3.60. The van der Waals surface area contributed by atoms with Crippen LogP contribution in [0.25, 0.3) is 0 Å². The fourth-order valence-electron chi connectivity index (χ4n) is 1.68. The predicted molar refractivity (Wildman–Crippen MR) is 87.3 cm³/mol. The lowest BCUT2D eigenvalue weighted by Gasteiger charge is -2.13. The summed E-state index contributed by atoms with van der Waals surface area (Å²) in [6.45, 7) is 1.94. The van der Waals surface area contributed by atoms with E-state index < -0.39 is 0 Å². The Bertz CT molecular complexity index is 646. The third-order valence-electron chi connectivity index (χ3n) is 2.59. The Hall–Kier alpha value is -1.17. The highest BCUT2D eigenvalue weighted by Crippen LogP contribution is 2.29. The van der Waals surface area contributed by atoms with Gasteiger partial charge in [0.15, 0.2) is 0 Å². The molecule has 98 valence electrons. The molecule has 2 rings (SSSR count). The number of pyridine rings is 1. The van der Waals surface area contributed by atoms with E-state index in [9.17, 15) is 0 Å². The van der Waals surface area contributed by atoms with E-state index in [0.717, 1.165) is 21.3 Å². The van der Waals surface area contributed by atoms with Gasteiger partial charge in [-0.25, -0.2) is 4.98 Å². The van der Waals surface area contributed by atoms with Gasteiger partial charge in [-0.05, 0) is 36.8 Å². The number of hydrogen-bond donors (Lipinski definition) is 2. The van der Waals surface area contributed by atoms with Crippen LogP contribution < -0.4 is 11.1 Å². The molecule has 0 saturated heterocycles. The second-order valence-electron chi connectivity index (χ2n) is 3.96. The average molecular weight is 357 g/mol. The molecule has 3 nitrogen and oxygen atoms in total. The van der Waals surface area contributed by atoms with Crippen molar-refractivity contribution in [2.75, 3.05) is 5.32 Å². The fourth-order valence-corrected chi connectivity index (χ4v) is 2.66. The van der Waals surface area contributed by atoms with Crippen LogP contribution in [0.2, 0.25) is 5.02 Å². The second kappa shape index (κ2) is 5.86. The monoisotopic (exact) mass is 355 g/mol. The Labute approximate surface area is 130 Å². The molecule has 0 unspecified atom stereocenters. The van der Waals surface area contributed by atoms with Gasteiger partial charge in [-0.1, -0.05) is 39.7 Å². The van der Waals surface area contributed by atoms with Crippen molar-refractivity contribution >= 4 is 56.2 Å².